The molecular weight excluding hydrogens is 304 g/mol. The van der Waals surface area contributed by atoms with Gasteiger partial charge in [-0.05, 0) is 50.4 Å². The number of benzene rings is 1. The molecule has 0 spiro atoms. The Balaban J connectivity index is 2.11. The molecule has 0 saturated heterocycles. The third-order valence-corrected chi connectivity index (χ3v) is 5.24. The van der Waals surface area contributed by atoms with Crippen LogP contribution in [0, 0.1) is 0 Å². The molecule has 0 amide bonds. The van der Waals surface area contributed by atoms with Crippen LogP contribution in [-0.2, 0) is 9.84 Å². The lowest BCUT2D eigenvalue weighted by molar-refractivity contribution is 0.602. The van der Waals surface area contributed by atoms with Crippen molar-refractivity contribution in [1.82, 2.24) is 10.3 Å². The van der Waals surface area contributed by atoms with Gasteiger partial charge in [0.2, 0.25) is 0 Å². The first-order valence-corrected chi connectivity index (χ1v) is 9.22. The first kappa shape index (κ1) is 16.0. The smallest absolute Gasteiger partial charge is 0.175 e. The highest BCUT2D eigenvalue weighted by Gasteiger charge is 2.07. The second kappa shape index (κ2) is 6.60. The fraction of sp³-hybridized carbons (Fsp3) is 0.267. The van der Waals surface area contributed by atoms with Crippen molar-refractivity contribution < 1.29 is 8.42 Å². The van der Waals surface area contributed by atoms with E-state index in [1.165, 1.54) is 6.26 Å². The van der Waals surface area contributed by atoms with Gasteiger partial charge in [-0.3, -0.25) is 4.98 Å². The minimum absolute atomic E-state index is 0.220. The standard InChI is InChI=1S/C15H18N2O2S2/c1-11(16-2)15-9-6-13(10-17-15)20-12-4-7-14(8-5-12)21(3,18)19/h4-11,16H,1-3H3. The Labute approximate surface area is 129 Å². The van der Waals surface area contributed by atoms with Crippen LogP contribution < -0.4 is 5.32 Å². The molecule has 4 nitrogen and oxygen atoms in total. The van der Waals surface area contributed by atoms with Crippen LogP contribution in [0.15, 0.2) is 57.3 Å². The van der Waals surface area contributed by atoms with Gasteiger partial charge in [-0.25, -0.2) is 8.42 Å². The van der Waals surface area contributed by atoms with Crippen LogP contribution in [0.4, 0.5) is 0 Å². The highest BCUT2D eigenvalue weighted by atomic mass is 32.2. The van der Waals surface area contributed by atoms with Crippen LogP contribution in [0.3, 0.4) is 0 Å². The molecule has 112 valence electrons. The average Bonchev–Trinajstić information content (AvgIpc) is 2.47. The summed E-state index contributed by atoms with van der Waals surface area (Å²) in [6.07, 6.45) is 3.04. The lowest BCUT2D eigenvalue weighted by Gasteiger charge is -2.09. The molecule has 1 aromatic heterocycles. The molecule has 0 aliphatic carbocycles. The van der Waals surface area contributed by atoms with Gasteiger partial charge < -0.3 is 5.32 Å². The van der Waals surface area contributed by atoms with Crippen molar-refractivity contribution in [3.63, 3.8) is 0 Å². The first-order valence-electron chi connectivity index (χ1n) is 6.51. The molecule has 0 aliphatic heterocycles. The molecule has 0 fully saturated rings. The summed E-state index contributed by atoms with van der Waals surface area (Å²) >= 11 is 1.56. The summed E-state index contributed by atoms with van der Waals surface area (Å²) in [7, 11) is -1.24. The van der Waals surface area contributed by atoms with Crippen LogP contribution in [0.1, 0.15) is 18.7 Å². The molecule has 1 N–H and O–H groups in total. The van der Waals surface area contributed by atoms with Crippen LogP contribution in [0.25, 0.3) is 0 Å². The van der Waals surface area contributed by atoms with Crippen LogP contribution in [-0.4, -0.2) is 26.7 Å². The maximum atomic E-state index is 11.4. The van der Waals surface area contributed by atoms with E-state index in [1.807, 2.05) is 37.5 Å². The molecule has 6 heteroatoms. The molecule has 1 unspecified atom stereocenters. The van der Waals surface area contributed by atoms with Gasteiger partial charge in [0.05, 0.1) is 10.6 Å². The lowest BCUT2D eigenvalue weighted by atomic mass is 10.2. The molecule has 21 heavy (non-hydrogen) atoms. The van der Waals surface area contributed by atoms with Gasteiger partial charge in [0.25, 0.3) is 0 Å². The summed E-state index contributed by atoms with van der Waals surface area (Å²) in [6, 6.07) is 11.1. The van der Waals surface area contributed by atoms with E-state index < -0.39 is 9.84 Å². The molecule has 2 aromatic rings. The second-order valence-electron chi connectivity index (χ2n) is 4.77. The number of hydrogen-bond donors (Lipinski definition) is 1. The third-order valence-electron chi connectivity index (χ3n) is 3.12. The molecule has 1 heterocycles. The predicted octanol–water partition coefficient (Wildman–Crippen LogP) is 2.92. The Hall–Kier alpha value is -1.37. The second-order valence-corrected chi connectivity index (χ2v) is 7.94. The number of sulfone groups is 1. The zero-order valence-corrected chi connectivity index (χ0v) is 13.8. The van der Waals surface area contributed by atoms with E-state index in [0.717, 1.165) is 15.5 Å². The summed E-state index contributed by atoms with van der Waals surface area (Å²) in [5.74, 6) is 0. The highest BCUT2D eigenvalue weighted by molar-refractivity contribution is 7.99. The molecule has 1 aromatic carbocycles. The van der Waals surface area contributed by atoms with Crippen molar-refractivity contribution in [2.75, 3.05) is 13.3 Å². The highest BCUT2D eigenvalue weighted by Crippen LogP contribution is 2.28. The van der Waals surface area contributed by atoms with Crippen molar-refractivity contribution in [2.24, 2.45) is 0 Å². The van der Waals surface area contributed by atoms with E-state index in [2.05, 4.69) is 17.2 Å². The molecule has 0 bridgehead atoms. The maximum absolute atomic E-state index is 11.4. The molecule has 0 radical (unpaired) electrons. The summed E-state index contributed by atoms with van der Waals surface area (Å²) in [5.41, 5.74) is 0.995. The van der Waals surface area contributed by atoms with Gasteiger partial charge in [-0.1, -0.05) is 11.8 Å². The zero-order valence-electron chi connectivity index (χ0n) is 12.2. The van der Waals surface area contributed by atoms with Gasteiger partial charge in [0.1, 0.15) is 0 Å². The van der Waals surface area contributed by atoms with Crippen molar-refractivity contribution in [3.8, 4) is 0 Å². The van der Waals surface area contributed by atoms with Crippen LogP contribution in [0.5, 0.6) is 0 Å². The maximum Gasteiger partial charge on any atom is 0.175 e. The Bertz CT molecular complexity index is 695. The van der Waals surface area contributed by atoms with E-state index in [-0.39, 0.29) is 6.04 Å². The van der Waals surface area contributed by atoms with Crippen LogP contribution >= 0.6 is 11.8 Å². The Kier molecular flexibility index (Phi) is 5.03. The molecule has 0 saturated carbocycles. The topological polar surface area (TPSA) is 59.1 Å². The quantitative estimate of drug-likeness (QED) is 0.917. The van der Waals surface area contributed by atoms with E-state index in [4.69, 9.17) is 0 Å². The number of hydrogen-bond acceptors (Lipinski definition) is 5. The van der Waals surface area contributed by atoms with Crippen molar-refractivity contribution >= 4 is 21.6 Å². The fourth-order valence-electron chi connectivity index (χ4n) is 1.75. The molecule has 1 atom stereocenters. The molecule has 0 aliphatic rings. The third kappa shape index (κ3) is 4.30. The first-order chi connectivity index (χ1) is 9.90. The summed E-state index contributed by atoms with van der Waals surface area (Å²) < 4.78 is 22.8. The molecule has 2 rings (SSSR count). The summed E-state index contributed by atoms with van der Waals surface area (Å²) in [4.78, 5) is 6.77. The number of nitrogens with one attached hydrogen (secondary N) is 1. The minimum atomic E-state index is -3.14. The van der Waals surface area contributed by atoms with Gasteiger partial charge in [-0.15, -0.1) is 0 Å². The van der Waals surface area contributed by atoms with E-state index in [1.54, 1.807) is 23.9 Å². The Morgan fingerprint density at radius 1 is 1.10 bits per heavy atom. The van der Waals surface area contributed by atoms with Crippen molar-refractivity contribution in [2.45, 2.75) is 27.7 Å². The fourth-order valence-corrected chi connectivity index (χ4v) is 3.16. The zero-order chi connectivity index (χ0) is 15.5. The Morgan fingerprint density at radius 3 is 2.19 bits per heavy atom. The van der Waals surface area contributed by atoms with Crippen LogP contribution in [0.2, 0.25) is 0 Å². The minimum Gasteiger partial charge on any atom is -0.312 e. The SMILES string of the molecule is CNC(C)c1ccc(Sc2ccc(S(C)(=O)=O)cc2)cn1. The number of rotatable bonds is 5. The average molecular weight is 322 g/mol. The number of pyridine rings is 1. The molecular formula is C15H18N2O2S2. The predicted molar refractivity (Wildman–Crippen MR) is 85.4 cm³/mol. The number of nitrogens with zero attached hydrogens (tertiary/aromatic N) is 1. The summed E-state index contributed by atoms with van der Waals surface area (Å²) in [6.45, 7) is 2.05. The van der Waals surface area contributed by atoms with Crippen molar-refractivity contribution in [1.29, 1.82) is 0 Å². The van der Waals surface area contributed by atoms with E-state index >= 15 is 0 Å². The van der Waals surface area contributed by atoms with E-state index in [0.29, 0.717) is 4.90 Å². The van der Waals surface area contributed by atoms with Crippen molar-refractivity contribution in [3.05, 3.63) is 48.3 Å². The van der Waals surface area contributed by atoms with Gasteiger partial charge in [0, 0.05) is 28.3 Å². The monoisotopic (exact) mass is 322 g/mol. The van der Waals surface area contributed by atoms with Gasteiger partial charge in [-0.2, -0.15) is 0 Å². The lowest BCUT2D eigenvalue weighted by Crippen LogP contribution is -2.13. The van der Waals surface area contributed by atoms with Gasteiger partial charge >= 0.3 is 0 Å². The largest absolute Gasteiger partial charge is 0.312 e. The normalized spacial score (nSPS) is 13.1. The van der Waals surface area contributed by atoms with E-state index in [9.17, 15) is 8.42 Å². The Morgan fingerprint density at radius 2 is 1.71 bits per heavy atom. The number of aromatic nitrogens is 1. The van der Waals surface area contributed by atoms with Gasteiger partial charge in [0.15, 0.2) is 9.84 Å². The summed E-state index contributed by atoms with van der Waals surface area (Å²) in [5, 5.41) is 3.14.